The Labute approximate surface area is 83.6 Å². The molecule has 2 rings (SSSR count). The summed E-state index contributed by atoms with van der Waals surface area (Å²) in [5.74, 6) is 0.0329. The molecule has 2 heteroatoms. The molecule has 0 fully saturated rings. The number of rotatable bonds is 1. The number of anilines is 1. The molecule has 0 radical (unpaired) electrons. The number of amides is 1. The van der Waals surface area contributed by atoms with E-state index >= 15 is 0 Å². The van der Waals surface area contributed by atoms with Crippen LogP contribution in [0.15, 0.2) is 29.8 Å². The second-order valence-corrected chi connectivity index (χ2v) is 3.51. The highest BCUT2D eigenvalue weighted by Crippen LogP contribution is 2.33. The molecule has 14 heavy (non-hydrogen) atoms. The smallest absolute Gasteiger partial charge is 0.256 e. The van der Waals surface area contributed by atoms with Gasteiger partial charge in [-0.05, 0) is 19.4 Å². The summed E-state index contributed by atoms with van der Waals surface area (Å²) in [6.07, 6.45) is 0.914. The average Bonchev–Trinajstić information content (AvgIpc) is 2.53. The zero-order chi connectivity index (χ0) is 10.1. The minimum Gasteiger partial charge on any atom is -0.321 e. The highest BCUT2D eigenvalue weighted by Gasteiger charge is 2.24. The summed E-state index contributed by atoms with van der Waals surface area (Å²) in [7, 11) is 0. The van der Waals surface area contributed by atoms with Gasteiger partial charge in [0.15, 0.2) is 0 Å². The first-order valence-electron chi connectivity index (χ1n) is 4.84. The maximum Gasteiger partial charge on any atom is 0.256 e. The lowest BCUT2D eigenvalue weighted by Crippen LogP contribution is -2.05. The third-order valence-corrected chi connectivity index (χ3v) is 2.63. The van der Waals surface area contributed by atoms with Crippen LogP contribution in [-0.2, 0) is 4.79 Å². The Hall–Kier alpha value is -1.57. The van der Waals surface area contributed by atoms with Crippen molar-refractivity contribution < 1.29 is 4.79 Å². The molecule has 0 aliphatic carbocycles. The summed E-state index contributed by atoms with van der Waals surface area (Å²) in [6, 6.07) is 7.82. The highest BCUT2D eigenvalue weighted by molar-refractivity contribution is 6.32. The molecule has 1 N–H and O–H groups in total. The fraction of sp³-hybridized carbons (Fsp3) is 0.250. The van der Waals surface area contributed by atoms with Gasteiger partial charge in [0.25, 0.3) is 5.91 Å². The van der Waals surface area contributed by atoms with Crippen molar-refractivity contribution in [2.45, 2.75) is 20.3 Å². The van der Waals surface area contributed by atoms with Gasteiger partial charge < -0.3 is 5.32 Å². The number of fused-ring (bicyclic) bond motifs is 1. The molecule has 0 spiro atoms. The van der Waals surface area contributed by atoms with E-state index in [2.05, 4.69) is 12.2 Å². The van der Waals surface area contributed by atoms with E-state index in [-0.39, 0.29) is 5.91 Å². The van der Waals surface area contributed by atoms with Gasteiger partial charge in [0, 0.05) is 16.8 Å². The third kappa shape index (κ3) is 1.23. The zero-order valence-corrected chi connectivity index (χ0v) is 8.42. The summed E-state index contributed by atoms with van der Waals surface area (Å²) >= 11 is 0. The van der Waals surface area contributed by atoms with Crippen LogP contribution in [0.4, 0.5) is 5.69 Å². The lowest BCUT2D eigenvalue weighted by atomic mass is 10.0. The Kier molecular flexibility index (Phi) is 2.12. The molecule has 0 saturated heterocycles. The minimum absolute atomic E-state index is 0.0329. The molecule has 2 nitrogen and oxygen atoms in total. The first-order chi connectivity index (χ1) is 6.74. The van der Waals surface area contributed by atoms with Crippen molar-refractivity contribution in [1.82, 2.24) is 0 Å². The fourth-order valence-corrected chi connectivity index (χ4v) is 1.72. The first-order valence-corrected chi connectivity index (χ1v) is 4.84. The van der Waals surface area contributed by atoms with Gasteiger partial charge in [-0.15, -0.1) is 0 Å². The van der Waals surface area contributed by atoms with E-state index in [1.165, 1.54) is 0 Å². The van der Waals surface area contributed by atoms with E-state index in [4.69, 9.17) is 0 Å². The van der Waals surface area contributed by atoms with E-state index in [0.29, 0.717) is 0 Å². The molecule has 1 aromatic carbocycles. The quantitative estimate of drug-likeness (QED) is 0.673. The predicted octanol–water partition coefficient (Wildman–Crippen LogP) is 2.82. The van der Waals surface area contributed by atoms with E-state index in [9.17, 15) is 4.79 Å². The van der Waals surface area contributed by atoms with Crippen LogP contribution in [0.2, 0.25) is 0 Å². The van der Waals surface area contributed by atoms with Crippen molar-refractivity contribution in [3.63, 3.8) is 0 Å². The Morgan fingerprint density at radius 2 is 2.07 bits per heavy atom. The van der Waals surface area contributed by atoms with Gasteiger partial charge in [-0.3, -0.25) is 4.79 Å². The molecule has 0 unspecified atom stereocenters. The van der Waals surface area contributed by atoms with Crippen LogP contribution in [-0.4, -0.2) is 5.91 Å². The Morgan fingerprint density at radius 1 is 1.36 bits per heavy atom. The molecule has 72 valence electrons. The average molecular weight is 187 g/mol. The van der Waals surface area contributed by atoms with Crippen LogP contribution in [0, 0.1) is 0 Å². The van der Waals surface area contributed by atoms with Gasteiger partial charge in [0.05, 0.1) is 0 Å². The molecule has 0 bridgehead atoms. The largest absolute Gasteiger partial charge is 0.321 e. The predicted molar refractivity (Wildman–Crippen MR) is 58.0 cm³/mol. The Morgan fingerprint density at radius 3 is 2.79 bits per heavy atom. The topological polar surface area (TPSA) is 29.1 Å². The van der Waals surface area contributed by atoms with Gasteiger partial charge in [0.1, 0.15) is 0 Å². The summed E-state index contributed by atoms with van der Waals surface area (Å²) in [4.78, 5) is 11.7. The number of allylic oxidation sites excluding steroid dienone is 1. The normalized spacial score (nSPS) is 17.7. The fourth-order valence-electron chi connectivity index (χ4n) is 1.72. The van der Waals surface area contributed by atoms with Crippen LogP contribution in [0.1, 0.15) is 25.8 Å². The molecule has 0 aromatic heterocycles. The van der Waals surface area contributed by atoms with Crippen LogP contribution in [0.3, 0.4) is 0 Å². The van der Waals surface area contributed by atoms with Gasteiger partial charge in [-0.25, -0.2) is 0 Å². The molecule has 0 atom stereocenters. The maximum absolute atomic E-state index is 11.7. The van der Waals surface area contributed by atoms with Crippen LogP contribution < -0.4 is 5.32 Å². The zero-order valence-electron chi connectivity index (χ0n) is 8.42. The van der Waals surface area contributed by atoms with Crippen LogP contribution >= 0.6 is 0 Å². The molecule has 1 amide bonds. The van der Waals surface area contributed by atoms with Crippen molar-refractivity contribution in [3.05, 3.63) is 35.4 Å². The second-order valence-electron chi connectivity index (χ2n) is 3.51. The molecular formula is C12H13NO. The van der Waals surface area contributed by atoms with Crippen molar-refractivity contribution in [3.8, 4) is 0 Å². The molecular weight excluding hydrogens is 174 g/mol. The summed E-state index contributed by atoms with van der Waals surface area (Å²) in [5.41, 5.74) is 3.97. The van der Waals surface area contributed by atoms with Crippen molar-refractivity contribution in [1.29, 1.82) is 0 Å². The number of hydrogen-bond donors (Lipinski definition) is 1. The standard InChI is InChI=1S/C12H13NO/c1-3-8(2)11-9-6-4-5-7-10(9)13-12(11)14/h4-7H,3H2,1-2H3,(H,13,14)/b11-8-. The number of hydrogen-bond acceptors (Lipinski definition) is 1. The number of para-hydroxylation sites is 1. The summed E-state index contributed by atoms with van der Waals surface area (Å²) < 4.78 is 0. The maximum atomic E-state index is 11.7. The number of nitrogens with one attached hydrogen (secondary N) is 1. The van der Waals surface area contributed by atoms with Crippen LogP contribution in [0.5, 0.6) is 0 Å². The van der Waals surface area contributed by atoms with E-state index in [0.717, 1.165) is 28.8 Å². The minimum atomic E-state index is 0.0329. The number of carbonyl (C=O) groups excluding carboxylic acids is 1. The monoisotopic (exact) mass is 187 g/mol. The molecule has 1 aliphatic heterocycles. The van der Waals surface area contributed by atoms with E-state index in [1.807, 2.05) is 31.2 Å². The summed E-state index contributed by atoms with van der Waals surface area (Å²) in [5, 5.41) is 2.87. The highest BCUT2D eigenvalue weighted by atomic mass is 16.2. The van der Waals surface area contributed by atoms with Gasteiger partial charge in [-0.2, -0.15) is 0 Å². The first kappa shape index (κ1) is 9.00. The Bertz CT molecular complexity index is 418. The van der Waals surface area contributed by atoms with Gasteiger partial charge in [-0.1, -0.05) is 30.7 Å². The van der Waals surface area contributed by atoms with E-state index in [1.54, 1.807) is 0 Å². The Balaban J connectivity index is 2.61. The molecule has 1 aromatic rings. The van der Waals surface area contributed by atoms with Gasteiger partial charge >= 0.3 is 0 Å². The number of carbonyl (C=O) groups is 1. The summed E-state index contributed by atoms with van der Waals surface area (Å²) in [6.45, 7) is 4.08. The molecule has 0 saturated carbocycles. The van der Waals surface area contributed by atoms with Crippen LogP contribution in [0.25, 0.3) is 5.57 Å². The lowest BCUT2D eigenvalue weighted by Gasteiger charge is -2.01. The van der Waals surface area contributed by atoms with Gasteiger partial charge in [0.2, 0.25) is 0 Å². The molecule has 1 aliphatic rings. The third-order valence-electron chi connectivity index (χ3n) is 2.63. The van der Waals surface area contributed by atoms with Crippen molar-refractivity contribution in [2.24, 2.45) is 0 Å². The van der Waals surface area contributed by atoms with Crippen molar-refractivity contribution >= 4 is 17.2 Å². The SMILES string of the molecule is CC/C(C)=C1\C(=O)Nc2ccccc21. The lowest BCUT2D eigenvalue weighted by molar-refractivity contribution is -0.110. The second kappa shape index (κ2) is 3.29. The van der Waals surface area contributed by atoms with Crippen molar-refractivity contribution in [2.75, 3.05) is 5.32 Å². The van der Waals surface area contributed by atoms with E-state index < -0.39 is 0 Å². The molecule has 1 heterocycles. The number of benzene rings is 1.